The maximum absolute atomic E-state index is 14.0. The van der Waals surface area contributed by atoms with Crippen molar-refractivity contribution in [2.45, 2.75) is 31.6 Å². The maximum atomic E-state index is 14.0. The van der Waals surface area contributed by atoms with Crippen LogP contribution in [0, 0.1) is 28.9 Å². The van der Waals surface area contributed by atoms with Gasteiger partial charge in [-0.05, 0) is 35.2 Å². The summed E-state index contributed by atoms with van der Waals surface area (Å²) in [6.07, 6.45) is 0. The zero-order valence-corrected chi connectivity index (χ0v) is 18.5. The van der Waals surface area contributed by atoms with Gasteiger partial charge in [0, 0.05) is 22.5 Å². The molecule has 1 heterocycles. The molecule has 3 aliphatic carbocycles. The van der Waals surface area contributed by atoms with Crippen LogP contribution in [0.25, 0.3) is 0 Å². The van der Waals surface area contributed by atoms with E-state index in [0.29, 0.717) is 5.56 Å². The highest BCUT2D eigenvalue weighted by atomic mass is 16.6. The summed E-state index contributed by atoms with van der Waals surface area (Å²) in [7, 11) is 0. The highest BCUT2D eigenvalue weighted by Gasteiger charge is 2.70. The van der Waals surface area contributed by atoms with Gasteiger partial charge in [-0.15, -0.1) is 0 Å². The summed E-state index contributed by atoms with van der Waals surface area (Å²) in [6, 6.07) is 20.8. The van der Waals surface area contributed by atoms with Gasteiger partial charge in [0.05, 0.1) is 22.4 Å². The number of nitrogens with zero attached hydrogens (tertiary/aromatic N) is 2. The molecule has 2 bridgehead atoms. The molecule has 0 saturated carbocycles. The first kappa shape index (κ1) is 19.9. The van der Waals surface area contributed by atoms with Crippen molar-refractivity contribution in [2.24, 2.45) is 11.8 Å². The van der Waals surface area contributed by atoms with E-state index in [4.69, 9.17) is 0 Å². The average Bonchev–Trinajstić information content (AvgIpc) is 3.09. The topological polar surface area (TPSA) is 80.5 Å². The van der Waals surface area contributed by atoms with Crippen LogP contribution in [0.15, 0.2) is 66.7 Å². The number of hydrogen-bond acceptors (Lipinski definition) is 4. The van der Waals surface area contributed by atoms with E-state index in [2.05, 4.69) is 38.1 Å². The van der Waals surface area contributed by atoms with E-state index in [0.717, 1.165) is 22.3 Å². The molecule has 6 heteroatoms. The monoisotopic (exact) mass is 438 g/mol. The first-order valence-electron chi connectivity index (χ1n) is 11.0. The van der Waals surface area contributed by atoms with E-state index < -0.39 is 27.6 Å². The molecule has 2 atom stereocenters. The second-order valence-electron chi connectivity index (χ2n) is 9.69. The minimum atomic E-state index is -0.673. The molecule has 164 valence electrons. The fraction of sp³-hybridized carbons (Fsp3) is 0.259. The summed E-state index contributed by atoms with van der Waals surface area (Å²) in [5.41, 5.74) is 3.60. The molecule has 7 rings (SSSR count). The van der Waals surface area contributed by atoms with E-state index in [1.807, 2.05) is 24.3 Å². The summed E-state index contributed by atoms with van der Waals surface area (Å²) >= 11 is 0. The Morgan fingerprint density at radius 3 is 1.61 bits per heavy atom. The van der Waals surface area contributed by atoms with Crippen LogP contribution in [0.5, 0.6) is 0 Å². The summed E-state index contributed by atoms with van der Waals surface area (Å²) < 4.78 is 0. The predicted octanol–water partition coefficient (Wildman–Crippen LogP) is 4.65. The number of aryl methyl sites for hydroxylation is 1. The molecule has 1 saturated heterocycles. The van der Waals surface area contributed by atoms with Crippen LogP contribution >= 0.6 is 0 Å². The van der Waals surface area contributed by atoms with Gasteiger partial charge in [0.2, 0.25) is 11.8 Å². The number of carbonyl (C=O) groups excluding carboxylic acids is 2. The van der Waals surface area contributed by atoms with Gasteiger partial charge in [0.15, 0.2) is 0 Å². The number of hydrogen-bond donors (Lipinski definition) is 0. The number of benzene rings is 3. The fourth-order valence-electron chi connectivity index (χ4n) is 6.76. The van der Waals surface area contributed by atoms with Crippen LogP contribution in [-0.4, -0.2) is 16.7 Å². The third-order valence-electron chi connectivity index (χ3n) is 8.29. The van der Waals surface area contributed by atoms with Crippen LogP contribution in [0.3, 0.4) is 0 Å². The fourth-order valence-corrected chi connectivity index (χ4v) is 6.76. The molecule has 4 aliphatic rings. The standard InChI is InChI=1S/C27H22N2O4/c1-15-12-13-16(14-21(15)29(32)33)28-24(30)22-23(25(28)31)27(3)19-10-6-4-8-17(19)26(22,2)18-9-5-7-11-20(18)27/h4-14,22-23H,1-3H3/t22-,23-,26?,27?/m0/s1. The number of imide groups is 1. The Morgan fingerprint density at radius 2 is 1.21 bits per heavy atom. The van der Waals surface area contributed by atoms with E-state index in [1.54, 1.807) is 19.1 Å². The van der Waals surface area contributed by atoms with Gasteiger partial charge in [-0.1, -0.05) is 68.4 Å². The largest absolute Gasteiger partial charge is 0.274 e. The number of rotatable bonds is 2. The molecule has 3 aromatic carbocycles. The molecule has 0 radical (unpaired) electrons. The van der Waals surface area contributed by atoms with Crippen LogP contribution in [0.4, 0.5) is 11.4 Å². The lowest BCUT2D eigenvalue weighted by Gasteiger charge is -2.57. The van der Waals surface area contributed by atoms with Crippen molar-refractivity contribution >= 4 is 23.2 Å². The average molecular weight is 438 g/mol. The second kappa shape index (κ2) is 6.16. The number of nitro benzene ring substituents is 1. The van der Waals surface area contributed by atoms with Crippen molar-refractivity contribution in [3.05, 3.63) is 105 Å². The Hall–Kier alpha value is -3.80. The zero-order chi connectivity index (χ0) is 23.3. The molecule has 2 amide bonds. The van der Waals surface area contributed by atoms with Crippen LogP contribution in [0.2, 0.25) is 0 Å². The van der Waals surface area contributed by atoms with Crippen LogP contribution < -0.4 is 4.90 Å². The normalized spacial score (nSPS) is 29.0. The minimum Gasteiger partial charge on any atom is -0.274 e. The quantitative estimate of drug-likeness (QED) is 0.331. The molecule has 0 spiro atoms. The highest BCUT2D eigenvalue weighted by molar-refractivity contribution is 6.24. The van der Waals surface area contributed by atoms with Crippen molar-refractivity contribution in [1.29, 1.82) is 0 Å². The molecule has 1 aliphatic heterocycles. The SMILES string of the molecule is Cc1ccc(N2C(=O)[C@@H]3[C@@H](C2=O)C2(C)c4ccccc4C3(C)c3ccccc32)cc1[N+](=O)[O-]. The number of carbonyl (C=O) groups is 2. The third kappa shape index (κ3) is 2.14. The smallest absolute Gasteiger partial charge is 0.274 e. The van der Waals surface area contributed by atoms with Gasteiger partial charge >= 0.3 is 0 Å². The summed E-state index contributed by atoms with van der Waals surface area (Å²) in [6.45, 7) is 5.77. The Morgan fingerprint density at radius 1 is 0.788 bits per heavy atom. The minimum absolute atomic E-state index is 0.102. The van der Waals surface area contributed by atoms with Crippen LogP contribution in [0.1, 0.15) is 41.7 Å². The van der Waals surface area contributed by atoms with Crippen molar-refractivity contribution in [1.82, 2.24) is 0 Å². The molecule has 0 N–H and O–H groups in total. The Balaban J connectivity index is 1.62. The highest BCUT2D eigenvalue weighted by Crippen LogP contribution is 2.66. The third-order valence-corrected chi connectivity index (χ3v) is 8.29. The molecule has 1 fully saturated rings. The molecule has 6 nitrogen and oxygen atoms in total. The Bertz CT molecular complexity index is 1290. The second-order valence-corrected chi connectivity index (χ2v) is 9.69. The van der Waals surface area contributed by atoms with Gasteiger partial charge in [-0.25, -0.2) is 4.90 Å². The molecule has 33 heavy (non-hydrogen) atoms. The van der Waals surface area contributed by atoms with Crippen molar-refractivity contribution in [3.63, 3.8) is 0 Å². The van der Waals surface area contributed by atoms with Gasteiger partial charge in [-0.2, -0.15) is 0 Å². The zero-order valence-electron chi connectivity index (χ0n) is 18.5. The van der Waals surface area contributed by atoms with Gasteiger partial charge in [-0.3, -0.25) is 19.7 Å². The van der Waals surface area contributed by atoms with Gasteiger partial charge in [0.25, 0.3) is 5.69 Å². The lowest BCUT2D eigenvalue weighted by molar-refractivity contribution is -0.385. The first-order chi connectivity index (χ1) is 15.7. The lowest BCUT2D eigenvalue weighted by Crippen LogP contribution is -2.59. The van der Waals surface area contributed by atoms with Crippen LogP contribution in [-0.2, 0) is 20.4 Å². The molecular weight excluding hydrogens is 416 g/mol. The van der Waals surface area contributed by atoms with E-state index in [-0.39, 0.29) is 23.2 Å². The summed E-state index contributed by atoms with van der Waals surface area (Å²) in [4.78, 5) is 40.3. The lowest BCUT2D eigenvalue weighted by atomic mass is 9.42. The Kier molecular flexibility index (Phi) is 3.71. The number of amides is 2. The summed E-state index contributed by atoms with van der Waals surface area (Å²) in [5, 5.41) is 11.5. The van der Waals surface area contributed by atoms with E-state index in [1.165, 1.54) is 11.0 Å². The van der Waals surface area contributed by atoms with Crippen molar-refractivity contribution < 1.29 is 14.5 Å². The predicted molar refractivity (Wildman–Crippen MR) is 123 cm³/mol. The first-order valence-corrected chi connectivity index (χ1v) is 11.0. The van der Waals surface area contributed by atoms with Gasteiger partial charge in [0.1, 0.15) is 0 Å². The molecular formula is C27H22N2O4. The Labute approximate surface area is 191 Å². The maximum Gasteiger partial charge on any atom is 0.274 e. The van der Waals surface area contributed by atoms with E-state index in [9.17, 15) is 19.7 Å². The van der Waals surface area contributed by atoms with E-state index >= 15 is 0 Å². The molecule has 3 aromatic rings. The number of nitro groups is 1. The van der Waals surface area contributed by atoms with Gasteiger partial charge < -0.3 is 0 Å². The van der Waals surface area contributed by atoms with Crippen molar-refractivity contribution in [2.75, 3.05) is 4.90 Å². The molecule has 0 unspecified atom stereocenters. The number of anilines is 1. The van der Waals surface area contributed by atoms with Crippen molar-refractivity contribution in [3.8, 4) is 0 Å². The summed E-state index contributed by atoms with van der Waals surface area (Å²) in [5.74, 6) is -1.75. The molecule has 0 aromatic heterocycles.